The monoisotopic (exact) mass is 526 g/mol. The van der Waals surface area contributed by atoms with Crippen molar-refractivity contribution >= 4 is 10.1 Å². The Labute approximate surface area is 217 Å². The Morgan fingerprint density at radius 2 is 1.73 bits per heavy atom. The third-order valence-corrected chi connectivity index (χ3v) is 9.11. The number of benzene rings is 3. The van der Waals surface area contributed by atoms with Crippen molar-refractivity contribution in [1.29, 1.82) is 0 Å². The Morgan fingerprint density at radius 3 is 2.46 bits per heavy atom. The standard InChI is InChI=1S/C29H31FO6S/c1-17-22-10-8-18(7-9-19-14-26(31)28(35-3)16-24(19)22)13-25-23(17)11-12-27(34-2)29(25)36-37(32,33)21-6-4-5-20(30)15-21/h4-6,11-12,14-18,22,31H,7-10,13H2,1-3H3. The van der Waals surface area contributed by atoms with Gasteiger partial charge in [-0.15, -0.1) is 0 Å². The summed E-state index contributed by atoms with van der Waals surface area (Å²) in [6, 6.07) is 12.3. The summed E-state index contributed by atoms with van der Waals surface area (Å²) in [6.45, 7) is 2.14. The number of aryl methyl sites for hydroxylation is 1. The maximum absolute atomic E-state index is 13.8. The summed E-state index contributed by atoms with van der Waals surface area (Å²) in [5.74, 6) is 0.906. The van der Waals surface area contributed by atoms with Crippen molar-refractivity contribution in [3.63, 3.8) is 0 Å². The predicted octanol–water partition coefficient (Wildman–Crippen LogP) is 6.10. The summed E-state index contributed by atoms with van der Waals surface area (Å²) in [5.41, 5.74) is 4.09. The van der Waals surface area contributed by atoms with E-state index < -0.39 is 15.9 Å². The highest BCUT2D eigenvalue weighted by Crippen LogP contribution is 2.50. The molecule has 3 aromatic carbocycles. The van der Waals surface area contributed by atoms with Gasteiger partial charge in [-0.25, -0.2) is 4.39 Å². The molecular formula is C29H31FO6S. The molecule has 3 atom stereocenters. The van der Waals surface area contributed by atoms with Gasteiger partial charge in [0.05, 0.1) is 14.2 Å². The number of phenolic OH excluding ortho intramolecular Hbond substituents is 1. The molecule has 0 aromatic heterocycles. The molecule has 196 valence electrons. The smallest absolute Gasteiger partial charge is 0.339 e. The molecule has 3 aromatic rings. The van der Waals surface area contributed by atoms with Crippen LogP contribution in [0.5, 0.6) is 23.0 Å². The SMILES string of the molecule is COc1cc2c(cc1O)CCC1CCC2C(C)c2ccc(OC)c(OS(=O)(=O)c3cccc(F)c3)c2C1. The van der Waals surface area contributed by atoms with Crippen molar-refractivity contribution in [2.24, 2.45) is 5.92 Å². The molecule has 2 aliphatic carbocycles. The van der Waals surface area contributed by atoms with Crippen LogP contribution in [-0.4, -0.2) is 27.7 Å². The largest absolute Gasteiger partial charge is 0.504 e. The fourth-order valence-corrected chi connectivity index (χ4v) is 6.95. The molecule has 0 saturated heterocycles. The molecule has 1 N–H and O–H groups in total. The van der Waals surface area contributed by atoms with Crippen LogP contribution < -0.4 is 13.7 Å². The van der Waals surface area contributed by atoms with Crippen LogP contribution in [0.4, 0.5) is 4.39 Å². The van der Waals surface area contributed by atoms with Crippen LogP contribution in [0.1, 0.15) is 60.3 Å². The van der Waals surface area contributed by atoms with Crippen molar-refractivity contribution in [3.05, 3.63) is 76.6 Å². The summed E-state index contributed by atoms with van der Waals surface area (Å²) in [4.78, 5) is -0.248. The number of hydrogen-bond donors (Lipinski definition) is 1. The van der Waals surface area contributed by atoms with Crippen molar-refractivity contribution < 1.29 is 31.6 Å². The molecule has 0 radical (unpaired) electrons. The Hall–Kier alpha value is -3.26. The molecule has 3 unspecified atom stereocenters. The first kappa shape index (κ1) is 25.4. The van der Waals surface area contributed by atoms with E-state index >= 15 is 0 Å². The zero-order chi connectivity index (χ0) is 26.3. The second-order valence-electron chi connectivity index (χ2n) is 9.96. The van der Waals surface area contributed by atoms with E-state index in [1.807, 2.05) is 18.2 Å². The molecule has 8 heteroatoms. The van der Waals surface area contributed by atoms with Crippen LogP contribution in [0.2, 0.25) is 0 Å². The lowest BCUT2D eigenvalue weighted by atomic mass is 9.69. The minimum atomic E-state index is -4.30. The highest BCUT2D eigenvalue weighted by atomic mass is 32.2. The van der Waals surface area contributed by atoms with Gasteiger partial charge in [-0.2, -0.15) is 8.42 Å². The number of phenols is 1. The first-order valence-corrected chi connectivity index (χ1v) is 13.9. The molecule has 37 heavy (non-hydrogen) atoms. The Morgan fingerprint density at radius 1 is 0.946 bits per heavy atom. The van der Waals surface area contributed by atoms with E-state index in [4.69, 9.17) is 13.7 Å². The average Bonchev–Trinajstić information content (AvgIpc) is 2.86. The van der Waals surface area contributed by atoms with Crippen molar-refractivity contribution in [2.45, 2.75) is 55.8 Å². The summed E-state index contributed by atoms with van der Waals surface area (Å²) in [6.07, 6.45) is 4.26. The third-order valence-electron chi connectivity index (χ3n) is 7.89. The molecule has 0 amide bonds. The maximum atomic E-state index is 13.8. The van der Waals surface area contributed by atoms with E-state index in [0.717, 1.165) is 54.0 Å². The first-order chi connectivity index (χ1) is 17.7. The van der Waals surface area contributed by atoms with Crippen LogP contribution in [0.25, 0.3) is 0 Å². The van der Waals surface area contributed by atoms with Crippen LogP contribution in [0.15, 0.2) is 53.4 Å². The molecular weight excluding hydrogens is 495 g/mol. The molecule has 2 bridgehead atoms. The van der Waals surface area contributed by atoms with E-state index in [0.29, 0.717) is 17.9 Å². The molecule has 5 rings (SSSR count). The van der Waals surface area contributed by atoms with Crippen molar-refractivity contribution in [2.75, 3.05) is 14.2 Å². The summed E-state index contributed by atoms with van der Waals surface area (Å²) < 4.78 is 57.0. The quantitative estimate of drug-likeness (QED) is 0.405. The molecule has 0 spiro atoms. The summed E-state index contributed by atoms with van der Waals surface area (Å²) in [7, 11) is -1.27. The molecule has 0 saturated carbocycles. The van der Waals surface area contributed by atoms with Gasteiger partial charge in [0.2, 0.25) is 0 Å². The Kier molecular flexibility index (Phi) is 6.79. The number of fused-ring (bicyclic) bond motifs is 6. The van der Waals surface area contributed by atoms with Crippen LogP contribution in [0.3, 0.4) is 0 Å². The molecule has 6 nitrogen and oxygen atoms in total. The molecule has 0 heterocycles. The molecule has 2 aliphatic rings. The minimum Gasteiger partial charge on any atom is -0.504 e. The summed E-state index contributed by atoms with van der Waals surface area (Å²) in [5, 5.41) is 10.4. The predicted molar refractivity (Wildman–Crippen MR) is 138 cm³/mol. The maximum Gasteiger partial charge on any atom is 0.339 e. The number of halogens is 1. The normalized spacial score (nSPS) is 21.0. The van der Waals surface area contributed by atoms with E-state index in [9.17, 15) is 17.9 Å². The van der Waals surface area contributed by atoms with Crippen LogP contribution in [-0.2, 0) is 23.0 Å². The Bertz CT molecular complexity index is 1430. The van der Waals surface area contributed by atoms with E-state index in [1.165, 1.54) is 25.3 Å². The number of rotatable bonds is 5. The van der Waals surface area contributed by atoms with Gasteiger partial charge in [-0.1, -0.05) is 19.1 Å². The Balaban J connectivity index is 1.64. The lowest BCUT2D eigenvalue weighted by Crippen LogP contribution is -2.23. The fraction of sp³-hybridized carbons (Fsp3) is 0.379. The van der Waals surface area contributed by atoms with Gasteiger partial charge in [-0.3, -0.25) is 0 Å². The van der Waals surface area contributed by atoms with Crippen molar-refractivity contribution in [3.8, 4) is 23.0 Å². The summed E-state index contributed by atoms with van der Waals surface area (Å²) >= 11 is 0. The topological polar surface area (TPSA) is 82.1 Å². The zero-order valence-electron chi connectivity index (χ0n) is 21.2. The number of methoxy groups -OCH3 is 2. The van der Waals surface area contributed by atoms with Gasteiger partial charge in [0, 0.05) is 5.56 Å². The average molecular weight is 527 g/mol. The highest BCUT2D eigenvalue weighted by molar-refractivity contribution is 7.87. The molecule has 0 fully saturated rings. The van der Waals surface area contributed by atoms with Gasteiger partial charge in [0.1, 0.15) is 10.7 Å². The fourth-order valence-electron chi connectivity index (χ4n) is 5.95. The zero-order valence-corrected chi connectivity index (χ0v) is 22.0. The second-order valence-corrected chi connectivity index (χ2v) is 11.5. The second kappa shape index (κ2) is 9.89. The van der Waals surface area contributed by atoms with E-state index in [-0.39, 0.29) is 34.1 Å². The van der Waals surface area contributed by atoms with Crippen LogP contribution in [0, 0.1) is 11.7 Å². The molecule has 0 aliphatic heterocycles. The number of hydrogen-bond acceptors (Lipinski definition) is 6. The number of ether oxygens (including phenoxy) is 2. The third kappa shape index (κ3) is 4.75. The van der Waals surface area contributed by atoms with Crippen molar-refractivity contribution in [1.82, 2.24) is 0 Å². The number of aromatic hydroxyl groups is 1. The van der Waals surface area contributed by atoms with E-state index in [1.54, 1.807) is 13.2 Å². The lowest BCUT2D eigenvalue weighted by molar-refractivity contribution is 0.347. The minimum absolute atomic E-state index is 0.0344. The first-order valence-electron chi connectivity index (χ1n) is 12.5. The van der Waals surface area contributed by atoms with E-state index in [2.05, 4.69) is 6.92 Å². The van der Waals surface area contributed by atoms with Gasteiger partial charge < -0.3 is 18.8 Å². The van der Waals surface area contributed by atoms with Gasteiger partial charge in [0.15, 0.2) is 23.0 Å². The van der Waals surface area contributed by atoms with Gasteiger partial charge >= 0.3 is 10.1 Å². The highest BCUT2D eigenvalue weighted by Gasteiger charge is 2.35. The van der Waals surface area contributed by atoms with Gasteiger partial charge in [-0.05, 0) is 103 Å². The van der Waals surface area contributed by atoms with Gasteiger partial charge in [0.25, 0.3) is 0 Å². The lowest BCUT2D eigenvalue weighted by Gasteiger charge is -2.36. The van der Waals surface area contributed by atoms with Crippen LogP contribution >= 0.6 is 0 Å².